The topological polar surface area (TPSA) is 349 Å². The quantitative estimate of drug-likeness (QED) is 0.00265. The molecule has 0 atom stereocenters. The normalized spacial score (nSPS) is 14.3. The molecule has 0 aromatic heterocycles. The second-order valence-corrected chi connectivity index (χ2v) is 38.8. The summed E-state index contributed by atoms with van der Waals surface area (Å²) in [6.07, 6.45) is 60.4. The molecule has 5 N–H and O–H groups in total. The summed E-state index contributed by atoms with van der Waals surface area (Å²) in [6.45, 7) is 7.96. The van der Waals surface area contributed by atoms with E-state index < -0.39 is 17.2 Å². The fourth-order valence-electron chi connectivity index (χ4n) is 15.2. The number of Topliss-reactive ketones (excluding diaryl/α,β-unsaturated/α-hetero) is 2. The number of amides is 1. The number of aryl methyl sites for hydroxylation is 3. The van der Waals surface area contributed by atoms with Crippen LogP contribution in [0.1, 0.15) is 299 Å². The van der Waals surface area contributed by atoms with Crippen molar-refractivity contribution in [3.05, 3.63) is 180 Å². The van der Waals surface area contributed by atoms with Gasteiger partial charge in [0.15, 0.2) is 0 Å². The molecule has 0 bridgehead atoms. The molecule has 123 heavy (non-hydrogen) atoms. The number of hydrogen-bond donors (Lipinski definition) is 4. The van der Waals surface area contributed by atoms with E-state index in [-0.39, 0.29) is 159 Å². The molecule has 5 fully saturated rings. The fraction of sp³-hybridized carbons (Fsp3) is 0.577. The first kappa shape index (κ1) is 120. The summed E-state index contributed by atoms with van der Waals surface area (Å²) in [6, 6.07) is 38.5. The van der Waals surface area contributed by atoms with Gasteiger partial charge in [-0.2, -0.15) is 0 Å². The van der Waals surface area contributed by atoms with E-state index in [2.05, 4.69) is 94.3 Å². The predicted octanol–water partition coefficient (Wildman–Crippen LogP) is 16.1. The monoisotopic (exact) mass is 1900 g/mol. The summed E-state index contributed by atoms with van der Waals surface area (Å²) in [7, 11) is -3.05. The van der Waals surface area contributed by atoms with Crippen molar-refractivity contribution in [3.63, 3.8) is 0 Å². The summed E-state index contributed by atoms with van der Waals surface area (Å²) < 4.78 is 46.3. The minimum absolute atomic E-state index is 0. The van der Waals surface area contributed by atoms with Crippen LogP contribution >= 0.6 is 29.7 Å². The minimum atomic E-state index is -3.82. The molecule has 10 rings (SSSR count). The van der Waals surface area contributed by atoms with Gasteiger partial charge in [0, 0.05) is 45.7 Å². The third-order valence-electron chi connectivity index (χ3n) is 21.7. The van der Waals surface area contributed by atoms with Gasteiger partial charge in [0.1, 0.15) is 17.9 Å². The predicted molar refractivity (Wildman–Crippen MR) is 494 cm³/mol. The number of nitrogens with one attached hydrogen (secondary N) is 1. The molecule has 26 heteroatoms. The number of methoxy groups -OCH3 is 2. The van der Waals surface area contributed by atoms with Crippen LogP contribution in [0.5, 0.6) is 0 Å². The number of nitrogens with zero attached hydrogens (tertiary/aromatic N) is 3. The number of carbonyl (C=O) groups excluding carboxylic acids is 7. The SMILES string of the molecule is C#CCCC1CCCCC1.CC(=O)CP(C)(C)=O.CC(=O)Cc1ccc(I)cc1.COC(=O)Cc1ccc(C#CCCC2CCCCC2)cc1.COC(=O)Cc1ccc(CCCCC2CCCCC2)cc1.Cc1ccc(S(=O)(=O)N=[N+]=[N-])cc1.NO.O=C(Cc1ccc(CCCCC2CCCCC2)cc1)NO.O=CCCC1CCCCC1.O=CO[O-].[H-].[HH].[K+].[K+]. The maximum Gasteiger partial charge on any atom is 1.00 e. The number of carbonyl (C=O) groups is 7. The maximum atomic E-state index is 11.2. The van der Waals surface area contributed by atoms with Gasteiger partial charge in [-0.3, -0.25) is 34.0 Å². The van der Waals surface area contributed by atoms with E-state index >= 15 is 0 Å². The Kier molecular flexibility index (Phi) is 76.9. The molecule has 0 spiro atoms. The number of hydrogen-bond acceptors (Lipinski definition) is 17. The fourth-order valence-corrected chi connectivity index (χ4v) is 17.3. The van der Waals surface area contributed by atoms with Crippen molar-refractivity contribution >= 4 is 81.9 Å². The average Bonchev–Trinajstić information content (AvgIpc) is 0.835. The molecule has 0 saturated heterocycles. The zero-order valence-corrected chi connectivity index (χ0v) is 85.7. The Labute approximate surface area is 839 Å². The third kappa shape index (κ3) is 67.4. The van der Waals surface area contributed by atoms with E-state index in [0.717, 1.165) is 108 Å². The number of terminal acetylenes is 1. The number of benzene rings is 5. The van der Waals surface area contributed by atoms with Gasteiger partial charge in [-0.25, -0.2) is 19.8 Å². The van der Waals surface area contributed by atoms with Crippen LogP contribution in [0.25, 0.3) is 10.4 Å². The van der Waals surface area contributed by atoms with Gasteiger partial charge >= 0.3 is 115 Å². The number of azide groups is 1. The number of rotatable bonds is 30. The van der Waals surface area contributed by atoms with Gasteiger partial charge in [-0.1, -0.05) is 289 Å². The van der Waals surface area contributed by atoms with Crippen LogP contribution < -0.4 is 119 Å². The molecule has 0 unspecified atom stereocenters. The first-order valence-electron chi connectivity index (χ1n) is 43.6. The number of nitrogens with two attached hydrogens (primary N) is 1. The number of esters is 2. The zero-order valence-electron chi connectivity index (χ0n) is 76.5. The van der Waals surface area contributed by atoms with Crippen molar-refractivity contribution in [2.45, 2.75) is 302 Å². The largest absolute Gasteiger partial charge is 1.00 e. The van der Waals surface area contributed by atoms with Gasteiger partial charge < -0.3 is 35.6 Å². The van der Waals surface area contributed by atoms with Crippen LogP contribution in [0.3, 0.4) is 0 Å². The summed E-state index contributed by atoms with van der Waals surface area (Å²) in [5.41, 5.74) is 18.4. The summed E-state index contributed by atoms with van der Waals surface area (Å²) in [4.78, 5) is 78.0. The molecule has 674 valence electrons. The van der Waals surface area contributed by atoms with Gasteiger partial charge in [-0.15, -0.1) is 12.3 Å². The zero-order chi connectivity index (χ0) is 89.6. The number of ether oxygens (including phenoxy) is 2. The van der Waals surface area contributed by atoms with E-state index in [1.807, 2.05) is 79.7 Å². The summed E-state index contributed by atoms with van der Waals surface area (Å²) in [5.74, 6) is 16.9. The minimum Gasteiger partial charge on any atom is -1.00 e. The van der Waals surface area contributed by atoms with E-state index in [0.29, 0.717) is 19.3 Å². The van der Waals surface area contributed by atoms with Crippen molar-refractivity contribution in [1.82, 2.24) is 5.48 Å². The number of unbranched alkanes of at least 4 members (excludes halogenated alkanes) is 2. The number of aldehydes is 1. The second kappa shape index (κ2) is 78.5. The molecular weight excluding hydrogens is 1760 g/mol. The Hall–Kier alpha value is -4.56. The van der Waals surface area contributed by atoms with Crippen LogP contribution in [0, 0.1) is 64.3 Å². The van der Waals surface area contributed by atoms with Crippen LogP contribution in [0.15, 0.2) is 131 Å². The van der Waals surface area contributed by atoms with Gasteiger partial charge in [0.05, 0.1) is 51.7 Å². The van der Waals surface area contributed by atoms with E-state index in [4.69, 9.17) is 32.4 Å². The number of ketones is 2. The van der Waals surface area contributed by atoms with Crippen molar-refractivity contribution in [1.29, 1.82) is 0 Å². The first-order chi connectivity index (χ1) is 58.3. The van der Waals surface area contributed by atoms with Crippen molar-refractivity contribution < 1.29 is 182 Å². The molecule has 5 aliphatic rings. The van der Waals surface area contributed by atoms with E-state index in [9.17, 15) is 41.8 Å². The number of sulfonamides is 1. The Balaban J connectivity index is -0.000000674. The van der Waals surface area contributed by atoms with Crippen LogP contribution in [-0.4, -0.2) is 94.7 Å². The van der Waals surface area contributed by atoms with Gasteiger partial charge in [-0.05, 0) is 207 Å². The van der Waals surface area contributed by atoms with Crippen molar-refractivity contribution in [3.8, 4) is 24.2 Å². The number of hydroxylamine groups is 1. The van der Waals surface area contributed by atoms with Gasteiger partial charge in [0.2, 0.25) is 5.91 Å². The van der Waals surface area contributed by atoms with Crippen LogP contribution in [-0.2, 0) is 101 Å². The first-order valence-corrected chi connectivity index (χ1v) is 48.9. The molecule has 0 aliphatic heterocycles. The van der Waals surface area contributed by atoms with Crippen molar-refractivity contribution in [2.24, 2.45) is 40.0 Å². The molecule has 21 nitrogen and oxygen atoms in total. The average molecular weight is 1910 g/mol. The van der Waals surface area contributed by atoms with E-state index in [1.165, 1.54) is 260 Å². The Morgan fingerprint density at radius 2 is 0.919 bits per heavy atom. The van der Waals surface area contributed by atoms with Gasteiger partial charge in [0.25, 0.3) is 16.5 Å². The molecule has 0 heterocycles. The molecule has 5 aromatic carbocycles. The molecule has 5 aromatic rings. The third-order valence-corrected chi connectivity index (χ3v) is 24.8. The van der Waals surface area contributed by atoms with Crippen molar-refractivity contribution in [2.75, 3.05) is 33.7 Å². The molecule has 0 radical (unpaired) electrons. The molecule has 5 saturated carbocycles. The standard InChI is InChI=1S/C19H28O2.C19H24O2.C18H27NO2.C10H16.C9H9IO.C9H16O.C7H7N3O2S.C5H11O2P.CH2O3.2K.H3NO.H2.H/c2*1-21-19(20)15-18-13-11-17(12-14-18)10-6-5-9-16-7-3-2-4-8-16;20-18(19-21)14-17-12-10-16(11-13-17)9-5-4-8-15-6-2-1-3-7-15;1-2-3-7-10-8-5-4-6-9-10;1-7(11)6-8-2-4-9(10)5-3-8;10-8-4-7-9-5-2-1-3-6-9;1-6-2-4-7(5-3-6)13(11,12)10-9-8;1-5(6)4-8(2,3)7;2-1-4-3;;;1-2;;/h11-14,16H,2-10,15H2,1H3;11-14,16H,2-5,7-9,15H2,1H3;10-13,15,21H,1-9,14H2,(H,19,20);1,10H,3-9H2;2-5H,6H2,1H3;8-9H,1-7H2;2-5H,1H3;4H2,1-3H3;1,3H;;;2H,1H2;1H;/q;;;;;;;;;2*+1;;;-1/p-1. The Morgan fingerprint density at radius 3 is 1.25 bits per heavy atom. The maximum absolute atomic E-state index is 11.2. The smallest absolute Gasteiger partial charge is 1.00 e. The van der Waals surface area contributed by atoms with Crippen LogP contribution in [0.2, 0.25) is 0 Å². The second-order valence-electron chi connectivity index (χ2n) is 32.5. The Bertz CT molecular complexity index is 3870. The molecular formula is C97H145IK2N5O16PS. The summed E-state index contributed by atoms with van der Waals surface area (Å²) >= 11 is 2.25. The molecule has 1 amide bonds. The van der Waals surface area contributed by atoms with Crippen LogP contribution in [0.4, 0.5) is 0 Å². The number of halogens is 1. The Morgan fingerprint density at radius 1 is 0.569 bits per heavy atom. The molecule has 5 aliphatic carbocycles. The van der Waals surface area contributed by atoms with E-state index in [1.54, 1.807) is 37.9 Å². The summed E-state index contributed by atoms with van der Waals surface area (Å²) in [5, 5.41) is 23.4.